The lowest BCUT2D eigenvalue weighted by Gasteiger charge is -2.00. The highest BCUT2D eigenvalue weighted by Crippen LogP contribution is 2.30. The summed E-state index contributed by atoms with van der Waals surface area (Å²) in [4.78, 5) is 22.4. The molecule has 0 unspecified atom stereocenters. The van der Waals surface area contributed by atoms with E-state index in [-0.39, 0.29) is 5.91 Å². The first-order valence-electron chi connectivity index (χ1n) is 8.47. The van der Waals surface area contributed by atoms with Crippen molar-refractivity contribution in [3.63, 3.8) is 0 Å². The third kappa shape index (κ3) is 3.82. The highest BCUT2D eigenvalue weighted by molar-refractivity contribution is 7.17. The standard InChI is InChI=1S/C21H17N3OS2/c1-13-8-10-15(11-9-13)17-12-26-21(23-17)24-19(25)18-14(2)22-20(27-18)16-6-4-3-5-7-16/h3-12H,1-2H3,(H,23,24,25). The monoisotopic (exact) mass is 391 g/mol. The molecule has 0 fully saturated rings. The van der Waals surface area contributed by atoms with Gasteiger partial charge < -0.3 is 0 Å². The van der Waals surface area contributed by atoms with Crippen LogP contribution in [0.2, 0.25) is 0 Å². The van der Waals surface area contributed by atoms with Gasteiger partial charge in [0.25, 0.3) is 5.91 Å². The largest absolute Gasteiger partial charge is 0.297 e. The predicted octanol–water partition coefficient (Wildman–Crippen LogP) is 5.80. The molecule has 134 valence electrons. The van der Waals surface area contributed by atoms with Gasteiger partial charge in [-0.25, -0.2) is 9.97 Å². The fourth-order valence-electron chi connectivity index (χ4n) is 2.65. The Morgan fingerprint density at radius 3 is 2.41 bits per heavy atom. The first-order valence-corrected chi connectivity index (χ1v) is 10.2. The van der Waals surface area contributed by atoms with Crippen LogP contribution in [0.4, 0.5) is 5.13 Å². The van der Waals surface area contributed by atoms with Crippen molar-refractivity contribution in [1.82, 2.24) is 9.97 Å². The maximum atomic E-state index is 12.7. The van der Waals surface area contributed by atoms with E-state index < -0.39 is 0 Å². The lowest BCUT2D eigenvalue weighted by atomic mass is 10.1. The molecule has 0 radical (unpaired) electrons. The van der Waals surface area contributed by atoms with Crippen molar-refractivity contribution in [3.05, 3.63) is 76.1 Å². The van der Waals surface area contributed by atoms with Gasteiger partial charge in [-0.3, -0.25) is 10.1 Å². The quantitative estimate of drug-likeness (QED) is 0.478. The Balaban J connectivity index is 1.53. The molecule has 1 amide bonds. The van der Waals surface area contributed by atoms with Crippen LogP contribution in [0.15, 0.2) is 60.0 Å². The number of carbonyl (C=O) groups is 1. The van der Waals surface area contributed by atoms with Gasteiger partial charge in [0.15, 0.2) is 5.13 Å². The molecule has 0 atom stereocenters. The molecule has 0 saturated carbocycles. The zero-order valence-electron chi connectivity index (χ0n) is 14.9. The number of carbonyl (C=O) groups excluding carboxylic acids is 1. The van der Waals surface area contributed by atoms with Gasteiger partial charge in [-0.15, -0.1) is 22.7 Å². The average Bonchev–Trinajstić information content (AvgIpc) is 3.30. The van der Waals surface area contributed by atoms with Crippen molar-refractivity contribution < 1.29 is 4.79 Å². The summed E-state index contributed by atoms with van der Waals surface area (Å²) in [6.45, 7) is 3.91. The average molecular weight is 392 g/mol. The maximum Gasteiger partial charge on any atom is 0.269 e. The summed E-state index contributed by atoms with van der Waals surface area (Å²) in [6, 6.07) is 18.1. The molecular formula is C21H17N3OS2. The van der Waals surface area contributed by atoms with Gasteiger partial charge in [0, 0.05) is 16.5 Å². The zero-order chi connectivity index (χ0) is 18.8. The molecule has 0 saturated heterocycles. The van der Waals surface area contributed by atoms with Crippen LogP contribution in [0.3, 0.4) is 0 Å². The van der Waals surface area contributed by atoms with Crippen LogP contribution < -0.4 is 5.32 Å². The molecule has 0 aliphatic rings. The van der Waals surface area contributed by atoms with E-state index in [1.807, 2.05) is 54.8 Å². The number of nitrogens with one attached hydrogen (secondary N) is 1. The summed E-state index contributed by atoms with van der Waals surface area (Å²) in [5, 5.41) is 6.29. The SMILES string of the molecule is Cc1ccc(-c2csc(NC(=O)c3sc(-c4ccccc4)nc3C)n2)cc1. The van der Waals surface area contributed by atoms with E-state index in [2.05, 4.69) is 34.3 Å². The Hall–Kier alpha value is -2.83. The third-order valence-electron chi connectivity index (χ3n) is 4.10. The van der Waals surface area contributed by atoms with Crippen LogP contribution in [0.25, 0.3) is 21.8 Å². The summed E-state index contributed by atoms with van der Waals surface area (Å²) in [5.41, 5.74) is 4.85. The number of hydrogen-bond acceptors (Lipinski definition) is 5. The number of aromatic nitrogens is 2. The van der Waals surface area contributed by atoms with Crippen molar-refractivity contribution in [2.45, 2.75) is 13.8 Å². The molecule has 0 spiro atoms. The molecule has 2 aromatic heterocycles. The maximum absolute atomic E-state index is 12.7. The topological polar surface area (TPSA) is 54.9 Å². The molecule has 4 rings (SSSR count). The van der Waals surface area contributed by atoms with E-state index in [0.717, 1.165) is 27.5 Å². The number of anilines is 1. The normalized spacial score (nSPS) is 10.7. The van der Waals surface area contributed by atoms with Crippen molar-refractivity contribution >= 4 is 33.7 Å². The first kappa shape index (κ1) is 17.6. The second-order valence-electron chi connectivity index (χ2n) is 6.16. The van der Waals surface area contributed by atoms with Crippen molar-refractivity contribution in [2.24, 2.45) is 0 Å². The summed E-state index contributed by atoms with van der Waals surface area (Å²) < 4.78 is 0. The van der Waals surface area contributed by atoms with Crippen molar-refractivity contribution in [2.75, 3.05) is 5.32 Å². The zero-order valence-corrected chi connectivity index (χ0v) is 16.5. The second kappa shape index (κ2) is 7.42. The molecule has 6 heteroatoms. The number of nitrogens with zero attached hydrogens (tertiary/aromatic N) is 2. The van der Waals surface area contributed by atoms with E-state index >= 15 is 0 Å². The van der Waals surface area contributed by atoms with E-state index in [1.165, 1.54) is 28.2 Å². The van der Waals surface area contributed by atoms with E-state index in [1.54, 1.807) is 0 Å². The number of thiazole rings is 2. The van der Waals surface area contributed by atoms with Gasteiger partial charge in [-0.2, -0.15) is 0 Å². The van der Waals surface area contributed by atoms with Crippen LogP contribution in [-0.4, -0.2) is 15.9 Å². The van der Waals surface area contributed by atoms with Crippen LogP contribution in [0, 0.1) is 13.8 Å². The first-order chi connectivity index (χ1) is 13.1. The fourth-order valence-corrected chi connectivity index (χ4v) is 4.33. The Morgan fingerprint density at radius 2 is 1.67 bits per heavy atom. The second-order valence-corrected chi connectivity index (χ2v) is 8.01. The van der Waals surface area contributed by atoms with Gasteiger partial charge in [0.1, 0.15) is 9.88 Å². The Morgan fingerprint density at radius 1 is 0.926 bits per heavy atom. The van der Waals surface area contributed by atoms with Crippen molar-refractivity contribution in [3.8, 4) is 21.8 Å². The number of amides is 1. The molecule has 1 N–H and O–H groups in total. The summed E-state index contributed by atoms with van der Waals surface area (Å²) in [6.07, 6.45) is 0. The number of hydrogen-bond donors (Lipinski definition) is 1. The molecule has 27 heavy (non-hydrogen) atoms. The van der Waals surface area contributed by atoms with Gasteiger partial charge >= 0.3 is 0 Å². The van der Waals surface area contributed by atoms with Gasteiger partial charge in [0.2, 0.25) is 0 Å². The summed E-state index contributed by atoms with van der Waals surface area (Å²) in [5.74, 6) is -0.169. The fraction of sp³-hybridized carbons (Fsp3) is 0.0952. The van der Waals surface area contributed by atoms with Crippen LogP contribution in [0.1, 0.15) is 20.9 Å². The van der Waals surface area contributed by atoms with E-state index in [9.17, 15) is 4.79 Å². The van der Waals surface area contributed by atoms with Crippen LogP contribution in [-0.2, 0) is 0 Å². The molecule has 2 aromatic carbocycles. The Bertz CT molecular complexity index is 1080. The number of benzene rings is 2. The molecule has 4 nitrogen and oxygen atoms in total. The third-order valence-corrected chi connectivity index (χ3v) is 6.06. The molecular weight excluding hydrogens is 374 g/mol. The predicted molar refractivity (Wildman–Crippen MR) is 113 cm³/mol. The lowest BCUT2D eigenvalue weighted by Crippen LogP contribution is -2.11. The minimum Gasteiger partial charge on any atom is -0.297 e. The Labute approximate surface area is 165 Å². The number of aryl methyl sites for hydroxylation is 2. The summed E-state index contributed by atoms with van der Waals surface area (Å²) in [7, 11) is 0. The van der Waals surface area contributed by atoms with Gasteiger partial charge in [-0.05, 0) is 13.8 Å². The molecule has 4 aromatic rings. The minimum absolute atomic E-state index is 0.169. The smallest absolute Gasteiger partial charge is 0.269 e. The van der Waals surface area contributed by atoms with E-state index in [4.69, 9.17) is 0 Å². The molecule has 0 aliphatic carbocycles. The van der Waals surface area contributed by atoms with E-state index in [0.29, 0.717) is 10.0 Å². The highest BCUT2D eigenvalue weighted by Gasteiger charge is 2.17. The van der Waals surface area contributed by atoms with Crippen LogP contribution in [0.5, 0.6) is 0 Å². The van der Waals surface area contributed by atoms with Gasteiger partial charge in [-0.1, -0.05) is 60.2 Å². The van der Waals surface area contributed by atoms with Gasteiger partial charge in [0.05, 0.1) is 11.4 Å². The number of rotatable bonds is 4. The highest BCUT2D eigenvalue weighted by atomic mass is 32.1. The minimum atomic E-state index is -0.169. The summed E-state index contributed by atoms with van der Waals surface area (Å²) >= 11 is 2.82. The molecule has 0 bridgehead atoms. The van der Waals surface area contributed by atoms with Crippen LogP contribution >= 0.6 is 22.7 Å². The Kier molecular flexibility index (Phi) is 4.83. The van der Waals surface area contributed by atoms with Crippen molar-refractivity contribution in [1.29, 1.82) is 0 Å². The molecule has 2 heterocycles. The molecule has 0 aliphatic heterocycles. The lowest BCUT2D eigenvalue weighted by molar-refractivity contribution is 0.103.